The standard InChI is InChI=1S/C16H25NO3S/c1-2-21(19,20)13-11-17(10-5-12-18)16-9-8-14-6-3-4-7-15(14)16/h3-4,6-7,16,18H,2,5,8-13H2,1H3. The van der Waals surface area contributed by atoms with Gasteiger partial charge >= 0.3 is 0 Å². The predicted molar refractivity (Wildman–Crippen MR) is 85.1 cm³/mol. The van der Waals surface area contributed by atoms with Gasteiger partial charge in [0.15, 0.2) is 9.84 Å². The smallest absolute Gasteiger partial charge is 0.151 e. The van der Waals surface area contributed by atoms with Crippen molar-refractivity contribution in [3.05, 3.63) is 35.4 Å². The van der Waals surface area contributed by atoms with E-state index in [0.29, 0.717) is 19.0 Å². The van der Waals surface area contributed by atoms with E-state index in [-0.39, 0.29) is 18.1 Å². The van der Waals surface area contributed by atoms with Crippen molar-refractivity contribution in [3.8, 4) is 0 Å². The minimum absolute atomic E-state index is 0.144. The zero-order valence-corrected chi connectivity index (χ0v) is 13.5. The lowest BCUT2D eigenvalue weighted by atomic mass is 10.1. The number of sulfone groups is 1. The monoisotopic (exact) mass is 311 g/mol. The molecule has 0 spiro atoms. The Morgan fingerprint density at radius 1 is 1.29 bits per heavy atom. The summed E-state index contributed by atoms with van der Waals surface area (Å²) in [6, 6.07) is 8.69. The average molecular weight is 311 g/mol. The topological polar surface area (TPSA) is 57.6 Å². The summed E-state index contributed by atoms with van der Waals surface area (Å²) >= 11 is 0. The maximum absolute atomic E-state index is 11.8. The van der Waals surface area contributed by atoms with Gasteiger partial charge in [-0.3, -0.25) is 4.90 Å². The van der Waals surface area contributed by atoms with Crippen LogP contribution >= 0.6 is 0 Å². The second-order valence-electron chi connectivity index (χ2n) is 5.60. The van der Waals surface area contributed by atoms with Crippen LogP contribution in [-0.2, 0) is 16.3 Å². The van der Waals surface area contributed by atoms with E-state index in [1.54, 1.807) is 6.92 Å². The molecule has 0 amide bonds. The molecule has 0 saturated heterocycles. The minimum Gasteiger partial charge on any atom is -0.396 e. The van der Waals surface area contributed by atoms with Crippen molar-refractivity contribution in [2.24, 2.45) is 0 Å². The first-order chi connectivity index (χ1) is 10.1. The molecule has 0 aliphatic heterocycles. The molecule has 1 aliphatic rings. The largest absolute Gasteiger partial charge is 0.396 e. The molecular formula is C16H25NO3S. The zero-order valence-electron chi connectivity index (χ0n) is 12.7. The highest BCUT2D eigenvalue weighted by Gasteiger charge is 2.27. The van der Waals surface area contributed by atoms with Gasteiger partial charge in [-0.05, 0) is 30.4 Å². The summed E-state index contributed by atoms with van der Waals surface area (Å²) < 4.78 is 23.5. The lowest BCUT2D eigenvalue weighted by Crippen LogP contribution is -2.34. The van der Waals surface area contributed by atoms with Crippen molar-refractivity contribution in [2.45, 2.75) is 32.2 Å². The Morgan fingerprint density at radius 2 is 2.05 bits per heavy atom. The molecule has 0 bridgehead atoms. The van der Waals surface area contributed by atoms with Crippen LogP contribution in [-0.4, -0.2) is 49.6 Å². The highest BCUT2D eigenvalue weighted by molar-refractivity contribution is 7.91. The van der Waals surface area contributed by atoms with Crippen molar-refractivity contribution in [1.29, 1.82) is 0 Å². The molecule has 0 heterocycles. The van der Waals surface area contributed by atoms with E-state index < -0.39 is 9.84 Å². The summed E-state index contributed by atoms with van der Waals surface area (Å²) in [5, 5.41) is 9.08. The molecular weight excluding hydrogens is 286 g/mol. The number of rotatable bonds is 8. The number of hydrogen-bond donors (Lipinski definition) is 1. The fraction of sp³-hybridized carbons (Fsp3) is 0.625. The summed E-state index contributed by atoms with van der Waals surface area (Å²) in [6.45, 7) is 3.13. The van der Waals surface area contributed by atoms with Gasteiger partial charge in [0, 0.05) is 31.5 Å². The molecule has 21 heavy (non-hydrogen) atoms. The molecule has 4 nitrogen and oxygen atoms in total. The van der Waals surface area contributed by atoms with E-state index in [2.05, 4.69) is 23.1 Å². The Labute approximate surface area is 127 Å². The van der Waals surface area contributed by atoms with Crippen LogP contribution in [0.5, 0.6) is 0 Å². The molecule has 0 aromatic heterocycles. The second-order valence-corrected chi connectivity index (χ2v) is 8.08. The molecule has 1 aliphatic carbocycles. The number of aliphatic hydroxyl groups is 1. The second kappa shape index (κ2) is 7.38. The summed E-state index contributed by atoms with van der Waals surface area (Å²) in [4.78, 5) is 2.23. The molecule has 2 rings (SSSR count). The molecule has 0 fully saturated rings. The van der Waals surface area contributed by atoms with Crippen LogP contribution in [0.2, 0.25) is 0 Å². The van der Waals surface area contributed by atoms with Gasteiger partial charge in [0.25, 0.3) is 0 Å². The maximum Gasteiger partial charge on any atom is 0.151 e. The Bertz CT molecular complexity index is 556. The van der Waals surface area contributed by atoms with Gasteiger partial charge in [0.1, 0.15) is 0 Å². The third kappa shape index (κ3) is 4.28. The SMILES string of the molecule is CCS(=O)(=O)CCN(CCCO)C1CCc2ccccc21. The fourth-order valence-electron chi connectivity index (χ4n) is 3.01. The summed E-state index contributed by atoms with van der Waals surface area (Å²) in [5.74, 6) is 0.399. The van der Waals surface area contributed by atoms with Gasteiger partial charge < -0.3 is 5.11 Å². The Morgan fingerprint density at radius 3 is 2.76 bits per heavy atom. The minimum atomic E-state index is -2.95. The first-order valence-electron chi connectivity index (χ1n) is 7.70. The Kier molecular flexibility index (Phi) is 5.79. The van der Waals surface area contributed by atoms with Crippen LogP contribution in [0.25, 0.3) is 0 Å². The third-order valence-electron chi connectivity index (χ3n) is 4.27. The zero-order chi connectivity index (χ0) is 15.3. The first-order valence-corrected chi connectivity index (χ1v) is 9.52. The summed E-state index contributed by atoms with van der Waals surface area (Å²) in [7, 11) is -2.95. The van der Waals surface area contributed by atoms with Crippen molar-refractivity contribution in [2.75, 3.05) is 31.2 Å². The number of aryl methyl sites for hydroxylation is 1. The predicted octanol–water partition coefficient (Wildman–Crippen LogP) is 1.79. The Hall–Kier alpha value is -0.910. The highest BCUT2D eigenvalue weighted by Crippen LogP contribution is 2.35. The molecule has 118 valence electrons. The van der Waals surface area contributed by atoms with Gasteiger partial charge in [-0.2, -0.15) is 0 Å². The molecule has 1 aromatic rings. The number of fused-ring (bicyclic) bond motifs is 1. The lowest BCUT2D eigenvalue weighted by Gasteiger charge is -2.29. The van der Waals surface area contributed by atoms with Crippen molar-refractivity contribution in [1.82, 2.24) is 4.90 Å². The molecule has 1 N–H and O–H groups in total. The summed E-state index contributed by atoms with van der Waals surface area (Å²) in [6.07, 6.45) is 2.78. The number of hydrogen-bond acceptors (Lipinski definition) is 4. The van der Waals surface area contributed by atoms with Gasteiger partial charge in [0.05, 0.1) is 5.75 Å². The van der Waals surface area contributed by atoms with Crippen LogP contribution in [0.15, 0.2) is 24.3 Å². The van der Waals surface area contributed by atoms with E-state index in [0.717, 1.165) is 19.4 Å². The van der Waals surface area contributed by atoms with Crippen LogP contribution in [0.4, 0.5) is 0 Å². The van der Waals surface area contributed by atoms with Crippen LogP contribution in [0.3, 0.4) is 0 Å². The van der Waals surface area contributed by atoms with Crippen molar-refractivity contribution >= 4 is 9.84 Å². The molecule has 0 radical (unpaired) electrons. The maximum atomic E-state index is 11.8. The van der Waals surface area contributed by atoms with E-state index in [9.17, 15) is 8.42 Å². The van der Waals surface area contributed by atoms with E-state index in [1.165, 1.54) is 11.1 Å². The van der Waals surface area contributed by atoms with Crippen LogP contribution in [0, 0.1) is 0 Å². The van der Waals surface area contributed by atoms with E-state index in [4.69, 9.17) is 5.11 Å². The van der Waals surface area contributed by atoms with E-state index in [1.807, 2.05) is 6.07 Å². The number of benzene rings is 1. The lowest BCUT2D eigenvalue weighted by molar-refractivity contribution is 0.182. The van der Waals surface area contributed by atoms with Gasteiger partial charge in [-0.15, -0.1) is 0 Å². The quantitative estimate of drug-likeness (QED) is 0.795. The average Bonchev–Trinajstić information content (AvgIpc) is 2.91. The highest BCUT2D eigenvalue weighted by atomic mass is 32.2. The molecule has 5 heteroatoms. The molecule has 1 atom stereocenters. The Balaban J connectivity index is 2.10. The molecule has 1 aromatic carbocycles. The number of aliphatic hydroxyl groups excluding tert-OH is 1. The van der Waals surface area contributed by atoms with Gasteiger partial charge in [-0.1, -0.05) is 31.2 Å². The normalized spacial score (nSPS) is 18.1. The molecule has 1 unspecified atom stereocenters. The van der Waals surface area contributed by atoms with E-state index >= 15 is 0 Å². The third-order valence-corrected chi connectivity index (χ3v) is 5.96. The first kappa shape index (κ1) is 16.5. The van der Waals surface area contributed by atoms with Crippen LogP contribution in [0.1, 0.15) is 36.9 Å². The van der Waals surface area contributed by atoms with Crippen LogP contribution < -0.4 is 0 Å². The summed E-state index contributed by atoms with van der Waals surface area (Å²) in [5.41, 5.74) is 2.69. The fourth-order valence-corrected chi connectivity index (χ4v) is 3.81. The van der Waals surface area contributed by atoms with Gasteiger partial charge in [0.2, 0.25) is 0 Å². The van der Waals surface area contributed by atoms with Crippen molar-refractivity contribution < 1.29 is 13.5 Å². The van der Waals surface area contributed by atoms with Gasteiger partial charge in [-0.25, -0.2) is 8.42 Å². The molecule has 0 saturated carbocycles. The number of nitrogens with zero attached hydrogens (tertiary/aromatic N) is 1. The van der Waals surface area contributed by atoms with Crippen molar-refractivity contribution in [3.63, 3.8) is 0 Å².